The molecule has 0 bridgehead atoms. The second kappa shape index (κ2) is 5.30. The van der Waals surface area contributed by atoms with Gasteiger partial charge in [0.15, 0.2) is 11.5 Å². The Morgan fingerprint density at radius 1 is 1.12 bits per heavy atom. The minimum absolute atomic E-state index is 0.374. The normalized spacial score (nSPS) is 18.5. The van der Waals surface area contributed by atoms with Gasteiger partial charge in [0.1, 0.15) is 17.7 Å². The van der Waals surface area contributed by atoms with Gasteiger partial charge in [-0.3, -0.25) is 0 Å². The number of benzene rings is 1. The summed E-state index contributed by atoms with van der Waals surface area (Å²) in [6.07, 6.45) is 5.50. The van der Waals surface area contributed by atoms with Crippen LogP contribution >= 0.6 is 0 Å². The highest BCUT2D eigenvalue weighted by atomic mass is 15.2. The second-order valence-electron chi connectivity index (χ2n) is 6.22. The Labute approximate surface area is 138 Å². The fourth-order valence-electron chi connectivity index (χ4n) is 3.55. The Morgan fingerprint density at radius 2 is 2.08 bits per heavy atom. The Balaban J connectivity index is 1.48. The molecule has 1 saturated heterocycles. The molecule has 7 nitrogen and oxygen atoms in total. The molecule has 1 aromatic carbocycles. The number of rotatable bonds is 2. The second-order valence-corrected chi connectivity index (χ2v) is 6.22. The van der Waals surface area contributed by atoms with Gasteiger partial charge in [0, 0.05) is 19.0 Å². The molecule has 3 aromatic heterocycles. The quantitative estimate of drug-likeness (QED) is 0.593. The van der Waals surface area contributed by atoms with Gasteiger partial charge in [0.2, 0.25) is 0 Å². The van der Waals surface area contributed by atoms with E-state index in [1.807, 2.05) is 12.1 Å². The molecule has 0 spiro atoms. The zero-order valence-electron chi connectivity index (χ0n) is 13.1. The maximum atomic E-state index is 4.78. The number of para-hydroxylation sites is 2. The van der Waals surface area contributed by atoms with Crippen molar-refractivity contribution in [2.75, 3.05) is 18.0 Å². The van der Waals surface area contributed by atoms with E-state index in [-0.39, 0.29) is 0 Å². The van der Waals surface area contributed by atoms with Crippen LogP contribution in [0.25, 0.3) is 22.2 Å². The van der Waals surface area contributed by atoms with Crippen LogP contribution in [0.3, 0.4) is 0 Å². The smallest absolute Gasteiger partial charge is 0.182 e. The molecule has 5 rings (SSSR count). The Bertz CT molecular complexity index is 969. The predicted molar refractivity (Wildman–Crippen MR) is 92.0 cm³/mol. The van der Waals surface area contributed by atoms with E-state index in [1.54, 1.807) is 12.7 Å². The van der Waals surface area contributed by atoms with Crippen LogP contribution in [-0.2, 0) is 0 Å². The molecule has 7 heteroatoms. The van der Waals surface area contributed by atoms with E-state index in [0.29, 0.717) is 11.6 Å². The van der Waals surface area contributed by atoms with E-state index in [1.165, 1.54) is 0 Å². The Kier molecular flexibility index (Phi) is 2.97. The van der Waals surface area contributed by atoms with Crippen molar-refractivity contribution >= 4 is 28.0 Å². The monoisotopic (exact) mass is 319 g/mol. The van der Waals surface area contributed by atoms with Gasteiger partial charge in [-0.15, -0.1) is 0 Å². The maximum absolute atomic E-state index is 4.78. The zero-order chi connectivity index (χ0) is 15.9. The first-order chi connectivity index (χ1) is 11.9. The molecule has 0 radical (unpaired) electrons. The average molecular weight is 319 g/mol. The molecule has 0 saturated carbocycles. The first kappa shape index (κ1) is 13.5. The van der Waals surface area contributed by atoms with Crippen molar-refractivity contribution in [3.8, 4) is 0 Å². The lowest BCUT2D eigenvalue weighted by Crippen LogP contribution is -2.35. The molecular weight excluding hydrogens is 302 g/mol. The van der Waals surface area contributed by atoms with Crippen LogP contribution in [0.15, 0.2) is 36.9 Å². The van der Waals surface area contributed by atoms with Gasteiger partial charge >= 0.3 is 0 Å². The molecule has 4 aromatic rings. The summed E-state index contributed by atoms with van der Waals surface area (Å²) in [5, 5.41) is 0. The third-order valence-electron chi connectivity index (χ3n) is 4.72. The van der Waals surface area contributed by atoms with Crippen molar-refractivity contribution in [1.82, 2.24) is 29.9 Å². The average Bonchev–Trinajstić information content (AvgIpc) is 3.28. The Hall–Kier alpha value is -2.96. The third-order valence-corrected chi connectivity index (χ3v) is 4.72. The summed E-state index contributed by atoms with van der Waals surface area (Å²) in [6.45, 7) is 1.88. The van der Waals surface area contributed by atoms with Crippen LogP contribution in [-0.4, -0.2) is 43.0 Å². The van der Waals surface area contributed by atoms with E-state index in [2.05, 4.69) is 42.0 Å². The molecule has 0 aliphatic carbocycles. The van der Waals surface area contributed by atoms with Gasteiger partial charge in [-0.05, 0) is 25.0 Å². The number of nitrogens with one attached hydrogen (secondary N) is 2. The SMILES string of the molecule is c1ccc2[nH]c([C@H]3CCCN(c4ncnc5nc[nH]c45)C3)nc2c1. The van der Waals surface area contributed by atoms with Crippen LogP contribution in [0.4, 0.5) is 5.82 Å². The van der Waals surface area contributed by atoms with Crippen molar-refractivity contribution in [3.05, 3.63) is 42.7 Å². The Morgan fingerprint density at radius 3 is 3.04 bits per heavy atom. The molecule has 24 heavy (non-hydrogen) atoms. The van der Waals surface area contributed by atoms with Crippen LogP contribution in [0.2, 0.25) is 0 Å². The number of imidazole rings is 2. The fraction of sp³-hybridized carbons (Fsp3) is 0.294. The largest absolute Gasteiger partial charge is 0.354 e. The number of fused-ring (bicyclic) bond motifs is 2. The third kappa shape index (κ3) is 2.12. The predicted octanol–water partition coefficient (Wildman–Crippen LogP) is 2.61. The molecule has 0 amide bonds. The highest BCUT2D eigenvalue weighted by Gasteiger charge is 2.26. The molecule has 2 N–H and O–H groups in total. The lowest BCUT2D eigenvalue weighted by atomic mass is 9.97. The maximum Gasteiger partial charge on any atom is 0.182 e. The van der Waals surface area contributed by atoms with E-state index in [0.717, 1.165) is 54.1 Å². The van der Waals surface area contributed by atoms with Crippen molar-refractivity contribution in [2.45, 2.75) is 18.8 Å². The highest BCUT2D eigenvalue weighted by molar-refractivity contribution is 5.82. The van der Waals surface area contributed by atoms with Crippen molar-refractivity contribution in [2.24, 2.45) is 0 Å². The summed E-state index contributed by atoms with van der Waals surface area (Å²) >= 11 is 0. The van der Waals surface area contributed by atoms with Crippen LogP contribution in [0, 0.1) is 0 Å². The van der Waals surface area contributed by atoms with E-state index in [4.69, 9.17) is 4.98 Å². The molecular formula is C17H17N7. The number of piperidine rings is 1. The van der Waals surface area contributed by atoms with Crippen molar-refractivity contribution in [3.63, 3.8) is 0 Å². The summed E-state index contributed by atoms with van der Waals surface area (Å²) < 4.78 is 0. The number of aromatic amines is 2. The van der Waals surface area contributed by atoms with Gasteiger partial charge in [-0.1, -0.05) is 12.1 Å². The molecule has 120 valence electrons. The van der Waals surface area contributed by atoms with Crippen LogP contribution < -0.4 is 4.90 Å². The minimum Gasteiger partial charge on any atom is -0.354 e. The molecule has 1 aliphatic rings. The number of aromatic nitrogens is 6. The van der Waals surface area contributed by atoms with Gasteiger partial charge < -0.3 is 14.9 Å². The van der Waals surface area contributed by atoms with E-state index >= 15 is 0 Å². The topological polar surface area (TPSA) is 86.4 Å². The zero-order valence-corrected chi connectivity index (χ0v) is 13.1. The molecule has 0 unspecified atom stereocenters. The molecule has 4 heterocycles. The first-order valence-electron chi connectivity index (χ1n) is 8.22. The van der Waals surface area contributed by atoms with Gasteiger partial charge in [-0.25, -0.2) is 19.9 Å². The number of nitrogens with zero attached hydrogens (tertiary/aromatic N) is 5. The number of anilines is 1. The standard InChI is InChI=1S/C17H17N7/c1-2-6-13-12(5-1)22-15(23-13)11-4-3-7-24(8-11)17-14-16(19-9-18-14)20-10-21-17/h1-2,5-6,9-11H,3-4,7-8H2,(H,22,23)(H,18,19,20,21)/t11-/m0/s1. The summed E-state index contributed by atoms with van der Waals surface area (Å²) in [6, 6.07) is 8.18. The molecule has 1 atom stereocenters. The summed E-state index contributed by atoms with van der Waals surface area (Å²) in [7, 11) is 0. The lowest BCUT2D eigenvalue weighted by Gasteiger charge is -2.32. The minimum atomic E-state index is 0.374. The number of H-pyrrole nitrogens is 2. The van der Waals surface area contributed by atoms with Gasteiger partial charge in [0.25, 0.3) is 0 Å². The fourth-order valence-corrected chi connectivity index (χ4v) is 3.55. The van der Waals surface area contributed by atoms with Crippen LogP contribution in [0.5, 0.6) is 0 Å². The van der Waals surface area contributed by atoms with E-state index < -0.39 is 0 Å². The van der Waals surface area contributed by atoms with Crippen molar-refractivity contribution < 1.29 is 0 Å². The highest BCUT2D eigenvalue weighted by Crippen LogP contribution is 2.30. The lowest BCUT2D eigenvalue weighted by molar-refractivity contribution is 0.493. The number of hydrogen-bond acceptors (Lipinski definition) is 5. The molecule has 1 aliphatic heterocycles. The van der Waals surface area contributed by atoms with E-state index in [9.17, 15) is 0 Å². The molecule has 1 fully saturated rings. The first-order valence-corrected chi connectivity index (χ1v) is 8.22. The summed E-state index contributed by atoms with van der Waals surface area (Å²) in [5.74, 6) is 2.37. The van der Waals surface area contributed by atoms with Crippen molar-refractivity contribution in [1.29, 1.82) is 0 Å². The van der Waals surface area contributed by atoms with Gasteiger partial charge in [0.05, 0.1) is 17.4 Å². The van der Waals surface area contributed by atoms with Crippen LogP contribution in [0.1, 0.15) is 24.6 Å². The summed E-state index contributed by atoms with van der Waals surface area (Å²) in [4.78, 5) is 26.6. The summed E-state index contributed by atoms with van der Waals surface area (Å²) in [5.41, 5.74) is 3.75. The van der Waals surface area contributed by atoms with Gasteiger partial charge in [-0.2, -0.15) is 0 Å². The number of hydrogen-bond donors (Lipinski definition) is 2.